The summed E-state index contributed by atoms with van der Waals surface area (Å²) >= 11 is 0. The fourth-order valence-electron chi connectivity index (χ4n) is 2.93. The largest absolute Gasteiger partial charge is 0.506 e. The minimum absolute atomic E-state index is 0.0509. The number of hydrogen-bond donors (Lipinski definition) is 1. The molecule has 1 heterocycles. The van der Waals surface area contributed by atoms with E-state index in [0.29, 0.717) is 31.9 Å². The summed E-state index contributed by atoms with van der Waals surface area (Å²) in [6.07, 6.45) is 0. The number of para-hydroxylation sites is 2. The Morgan fingerprint density at radius 3 is 2.25 bits per heavy atom. The van der Waals surface area contributed by atoms with Crippen LogP contribution in [-0.2, 0) is 0 Å². The molecule has 0 radical (unpaired) electrons. The predicted molar refractivity (Wildman–Crippen MR) is 90.3 cm³/mol. The summed E-state index contributed by atoms with van der Waals surface area (Å²) in [7, 11) is 0. The Morgan fingerprint density at radius 1 is 1.04 bits per heavy atom. The van der Waals surface area contributed by atoms with Gasteiger partial charge in [0.1, 0.15) is 11.4 Å². The second kappa shape index (κ2) is 6.46. The van der Waals surface area contributed by atoms with Gasteiger partial charge in [0.2, 0.25) is 0 Å². The highest BCUT2D eigenvalue weighted by atomic mass is 16.6. The lowest BCUT2D eigenvalue weighted by atomic mass is 10.1. The zero-order valence-electron chi connectivity index (χ0n) is 12.9. The average molecular weight is 324 g/mol. The number of hydrogen-bond acceptors (Lipinski definition) is 6. The van der Waals surface area contributed by atoms with Crippen molar-refractivity contribution in [2.45, 2.75) is 0 Å². The molecular formula is C17H16N4O3. The predicted octanol–water partition coefficient (Wildman–Crippen LogP) is 2.50. The van der Waals surface area contributed by atoms with Crippen LogP contribution in [0.4, 0.5) is 17.1 Å². The number of nitro groups is 1. The second-order valence-electron chi connectivity index (χ2n) is 5.54. The minimum Gasteiger partial charge on any atom is -0.506 e. The summed E-state index contributed by atoms with van der Waals surface area (Å²) < 4.78 is 0. The maximum absolute atomic E-state index is 11.3. The van der Waals surface area contributed by atoms with Gasteiger partial charge in [-0.3, -0.25) is 10.1 Å². The van der Waals surface area contributed by atoms with Gasteiger partial charge in [0, 0.05) is 32.2 Å². The van der Waals surface area contributed by atoms with E-state index < -0.39 is 4.92 Å². The van der Waals surface area contributed by atoms with E-state index in [-0.39, 0.29) is 17.0 Å². The monoisotopic (exact) mass is 324 g/mol. The number of phenolic OH excluding ortho intramolecular Hbond substituents is 1. The molecule has 24 heavy (non-hydrogen) atoms. The van der Waals surface area contributed by atoms with Gasteiger partial charge in [-0.05, 0) is 24.3 Å². The zero-order valence-corrected chi connectivity index (χ0v) is 12.9. The van der Waals surface area contributed by atoms with Crippen LogP contribution in [0.3, 0.4) is 0 Å². The van der Waals surface area contributed by atoms with Crippen LogP contribution in [0.15, 0.2) is 42.5 Å². The van der Waals surface area contributed by atoms with Gasteiger partial charge in [-0.25, -0.2) is 0 Å². The van der Waals surface area contributed by atoms with Crippen molar-refractivity contribution in [2.75, 3.05) is 36.0 Å². The molecule has 2 aromatic carbocycles. The van der Waals surface area contributed by atoms with Gasteiger partial charge in [-0.1, -0.05) is 12.1 Å². The molecule has 3 rings (SSSR count). The Kier molecular flexibility index (Phi) is 4.20. The van der Waals surface area contributed by atoms with E-state index in [4.69, 9.17) is 5.26 Å². The van der Waals surface area contributed by atoms with Gasteiger partial charge < -0.3 is 14.9 Å². The quantitative estimate of drug-likeness (QED) is 0.688. The van der Waals surface area contributed by atoms with Gasteiger partial charge in [0.25, 0.3) is 5.69 Å². The van der Waals surface area contributed by atoms with Crippen LogP contribution in [0.2, 0.25) is 0 Å². The summed E-state index contributed by atoms with van der Waals surface area (Å²) in [6.45, 7) is 2.49. The third-order valence-electron chi connectivity index (χ3n) is 4.14. The third-order valence-corrected chi connectivity index (χ3v) is 4.14. The van der Waals surface area contributed by atoms with Crippen molar-refractivity contribution in [1.82, 2.24) is 0 Å². The van der Waals surface area contributed by atoms with Gasteiger partial charge in [-0.2, -0.15) is 5.26 Å². The number of piperazine rings is 1. The summed E-state index contributed by atoms with van der Waals surface area (Å²) in [4.78, 5) is 14.8. The molecule has 122 valence electrons. The Balaban J connectivity index is 1.79. The van der Waals surface area contributed by atoms with Crippen LogP contribution in [0.5, 0.6) is 5.75 Å². The molecule has 0 bridgehead atoms. The zero-order chi connectivity index (χ0) is 17.1. The van der Waals surface area contributed by atoms with Crippen molar-refractivity contribution in [3.63, 3.8) is 0 Å². The molecule has 0 aromatic heterocycles. The van der Waals surface area contributed by atoms with Crippen molar-refractivity contribution in [3.8, 4) is 11.8 Å². The Morgan fingerprint density at radius 2 is 1.67 bits per heavy atom. The van der Waals surface area contributed by atoms with Gasteiger partial charge in [0.05, 0.1) is 22.2 Å². The third kappa shape index (κ3) is 2.94. The lowest BCUT2D eigenvalue weighted by Gasteiger charge is -2.37. The van der Waals surface area contributed by atoms with Crippen LogP contribution in [0.25, 0.3) is 0 Å². The van der Waals surface area contributed by atoms with E-state index >= 15 is 0 Å². The molecule has 2 aromatic rings. The lowest BCUT2D eigenvalue weighted by molar-refractivity contribution is -0.384. The molecule has 0 amide bonds. The van der Waals surface area contributed by atoms with Gasteiger partial charge >= 0.3 is 0 Å². The van der Waals surface area contributed by atoms with Crippen molar-refractivity contribution >= 4 is 17.1 Å². The molecule has 0 aliphatic carbocycles. The molecule has 1 aliphatic heterocycles. The molecule has 7 heteroatoms. The van der Waals surface area contributed by atoms with E-state index in [9.17, 15) is 15.2 Å². The highest BCUT2D eigenvalue weighted by molar-refractivity contribution is 5.67. The Labute approximate surface area is 139 Å². The standard InChI is InChI=1S/C17H16N4O3/c18-12-13-5-6-14(16(11-13)21(23)24)19-7-9-20(10-8-19)15-3-1-2-4-17(15)22/h1-6,11,22H,7-10H2. The number of aromatic hydroxyl groups is 1. The molecule has 0 atom stereocenters. The highest BCUT2D eigenvalue weighted by Crippen LogP contribution is 2.32. The maximum Gasteiger partial charge on any atom is 0.293 e. The summed E-state index contributed by atoms with van der Waals surface area (Å²) in [5.41, 5.74) is 1.52. The number of nitro benzene ring substituents is 1. The fourth-order valence-corrected chi connectivity index (χ4v) is 2.93. The van der Waals surface area contributed by atoms with Crippen LogP contribution in [0, 0.1) is 21.4 Å². The van der Waals surface area contributed by atoms with Gasteiger partial charge in [0.15, 0.2) is 0 Å². The molecule has 1 aliphatic rings. The lowest BCUT2D eigenvalue weighted by Crippen LogP contribution is -2.46. The van der Waals surface area contributed by atoms with E-state index in [1.54, 1.807) is 24.3 Å². The first-order valence-corrected chi connectivity index (χ1v) is 7.56. The van der Waals surface area contributed by atoms with Crippen LogP contribution in [-0.4, -0.2) is 36.2 Å². The first-order chi connectivity index (χ1) is 11.6. The van der Waals surface area contributed by atoms with Crippen LogP contribution in [0.1, 0.15) is 5.56 Å². The summed E-state index contributed by atoms with van der Waals surface area (Å²) in [6, 6.07) is 13.6. The fraction of sp³-hybridized carbons (Fsp3) is 0.235. The average Bonchev–Trinajstić information content (AvgIpc) is 2.62. The number of anilines is 2. The molecule has 1 fully saturated rings. The number of benzene rings is 2. The highest BCUT2D eigenvalue weighted by Gasteiger charge is 2.25. The van der Waals surface area contributed by atoms with Gasteiger partial charge in [-0.15, -0.1) is 0 Å². The molecule has 1 N–H and O–H groups in total. The SMILES string of the molecule is N#Cc1ccc(N2CCN(c3ccccc3O)CC2)c([N+](=O)[O-])c1. The van der Waals surface area contributed by atoms with Crippen molar-refractivity contribution in [2.24, 2.45) is 0 Å². The first kappa shape index (κ1) is 15.6. The normalized spacial score (nSPS) is 14.3. The van der Waals surface area contributed by atoms with E-state index in [1.165, 1.54) is 6.07 Å². The molecule has 7 nitrogen and oxygen atoms in total. The second-order valence-corrected chi connectivity index (χ2v) is 5.54. The Hall–Kier alpha value is -3.27. The summed E-state index contributed by atoms with van der Waals surface area (Å²) in [5.74, 6) is 0.232. The molecule has 0 spiro atoms. The van der Waals surface area contributed by atoms with Crippen LogP contribution < -0.4 is 9.80 Å². The molecule has 0 unspecified atom stereocenters. The molecule has 1 saturated heterocycles. The minimum atomic E-state index is -0.453. The van der Waals surface area contributed by atoms with E-state index in [1.807, 2.05) is 23.1 Å². The van der Waals surface area contributed by atoms with E-state index in [2.05, 4.69) is 4.90 Å². The summed E-state index contributed by atoms with van der Waals surface area (Å²) in [5, 5.41) is 30.1. The molecular weight excluding hydrogens is 308 g/mol. The molecule has 0 saturated carbocycles. The van der Waals surface area contributed by atoms with Crippen LogP contribution >= 0.6 is 0 Å². The number of phenols is 1. The first-order valence-electron chi connectivity index (χ1n) is 7.56. The number of nitrogens with zero attached hydrogens (tertiary/aromatic N) is 4. The topological polar surface area (TPSA) is 93.6 Å². The van der Waals surface area contributed by atoms with Crippen molar-refractivity contribution in [1.29, 1.82) is 5.26 Å². The number of nitriles is 1. The maximum atomic E-state index is 11.3. The van der Waals surface area contributed by atoms with E-state index in [0.717, 1.165) is 5.69 Å². The smallest absolute Gasteiger partial charge is 0.293 e. The Bertz CT molecular complexity index is 808. The van der Waals surface area contributed by atoms with Crippen molar-refractivity contribution < 1.29 is 10.0 Å². The number of rotatable bonds is 3. The van der Waals surface area contributed by atoms with Crippen molar-refractivity contribution in [3.05, 3.63) is 58.1 Å².